The molecule has 1 aromatic heterocycles. The number of aromatic nitrogens is 3. The van der Waals surface area contributed by atoms with Crippen LogP contribution in [-0.4, -0.2) is 52.7 Å². The summed E-state index contributed by atoms with van der Waals surface area (Å²) >= 11 is 1.52. The van der Waals surface area contributed by atoms with E-state index in [1.54, 1.807) is 12.4 Å². The molecule has 2 aromatic rings. The number of amides is 1. The molecular weight excluding hydrogens is 350 g/mol. The number of hydrogen-bond donors (Lipinski definition) is 1. The average Bonchev–Trinajstić information content (AvgIpc) is 3.11. The van der Waals surface area contributed by atoms with Gasteiger partial charge in [-0.2, -0.15) is 0 Å². The summed E-state index contributed by atoms with van der Waals surface area (Å²) in [5.41, 5.74) is 1.97. The van der Waals surface area contributed by atoms with Gasteiger partial charge < -0.3 is 19.5 Å². The van der Waals surface area contributed by atoms with Gasteiger partial charge in [-0.3, -0.25) is 4.79 Å². The number of hydrogen-bond acceptors (Lipinski definition) is 6. The second kappa shape index (κ2) is 9.40. The Labute approximate surface area is 157 Å². The standard InChI is InChI=1S/C18H23N5O2S/c1-2-8-23-14-19-21-18(23)26-13-7-17(24)20-15-3-5-16(6-4-15)22-9-11-25-12-10-22/h2-6,14H,1,7-13H2,(H,20,24). The number of morpholine rings is 1. The number of anilines is 2. The van der Waals surface area contributed by atoms with Gasteiger partial charge in [0, 0.05) is 43.2 Å². The van der Waals surface area contributed by atoms with E-state index in [0.717, 1.165) is 42.8 Å². The number of ether oxygens (including phenoxy) is 1. The van der Waals surface area contributed by atoms with E-state index < -0.39 is 0 Å². The van der Waals surface area contributed by atoms with Crippen molar-refractivity contribution < 1.29 is 9.53 Å². The summed E-state index contributed by atoms with van der Waals surface area (Å²) in [6, 6.07) is 7.95. The van der Waals surface area contributed by atoms with Crippen molar-refractivity contribution in [1.29, 1.82) is 0 Å². The monoisotopic (exact) mass is 373 g/mol. The van der Waals surface area contributed by atoms with Crippen LogP contribution in [0, 0.1) is 0 Å². The fraction of sp³-hybridized carbons (Fsp3) is 0.389. The lowest BCUT2D eigenvalue weighted by Crippen LogP contribution is -2.36. The second-order valence-corrected chi connectivity index (χ2v) is 6.91. The molecule has 0 unspecified atom stereocenters. The highest BCUT2D eigenvalue weighted by Gasteiger charge is 2.11. The fourth-order valence-electron chi connectivity index (χ4n) is 2.66. The zero-order valence-electron chi connectivity index (χ0n) is 14.6. The third-order valence-corrected chi connectivity index (χ3v) is 4.98. The molecule has 1 fully saturated rings. The van der Waals surface area contributed by atoms with E-state index in [2.05, 4.69) is 27.0 Å². The second-order valence-electron chi connectivity index (χ2n) is 5.85. The van der Waals surface area contributed by atoms with Crippen molar-refractivity contribution in [3.05, 3.63) is 43.2 Å². The van der Waals surface area contributed by atoms with Crippen LogP contribution in [-0.2, 0) is 16.1 Å². The van der Waals surface area contributed by atoms with Crippen LogP contribution in [0.25, 0.3) is 0 Å². The van der Waals surface area contributed by atoms with Gasteiger partial charge in [0.1, 0.15) is 6.33 Å². The third kappa shape index (κ3) is 5.09. The van der Waals surface area contributed by atoms with Crippen molar-refractivity contribution in [3.8, 4) is 0 Å². The van der Waals surface area contributed by atoms with Gasteiger partial charge in [-0.15, -0.1) is 16.8 Å². The number of nitrogens with one attached hydrogen (secondary N) is 1. The molecule has 0 atom stereocenters. The van der Waals surface area contributed by atoms with E-state index >= 15 is 0 Å². The van der Waals surface area contributed by atoms with E-state index in [0.29, 0.717) is 18.7 Å². The predicted octanol–water partition coefficient (Wildman–Crippen LogP) is 2.42. The lowest BCUT2D eigenvalue weighted by molar-refractivity contribution is -0.115. The number of benzene rings is 1. The quantitative estimate of drug-likeness (QED) is 0.566. The maximum absolute atomic E-state index is 12.1. The Bertz CT molecular complexity index is 725. The maximum atomic E-state index is 12.1. The Morgan fingerprint density at radius 2 is 2.08 bits per heavy atom. The topological polar surface area (TPSA) is 72.3 Å². The highest BCUT2D eigenvalue weighted by molar-refractivity contribution is 7.99. The summed E-state index contributed by atoms with van der Waals surface area (Å²) < 4.78 is 7.27. The molecule has 1 amide bonds. The van der Waals surface area contributed by atoms with Crippen molar-refractivity contribution in [2.45, 2.75) is 18.1 Å². The number of rotatable bonds is 8. The highest BCUT2D eigenvalue weighted by Crippen LogP contribution is 2.20. The van der Waals surface area contributed by atoms with E-state index in [4.69, 9.17) is 4.74 Å². The molecule has 0 saturated carbocycles. The number of thioether (sulfide) groups is 1. The normalized spacial score (nSPS) is 14.2. The Morgan fingerprint density at radius 1 is 1.31 bits per heavy atom. The van der Waals surface area contributed by atoms with Crippen LogP contribution in [0.3, 0.4) is 0 Å². The average molecular weight is 373 g/mol. The summed E-state index contributed by atoms with van der Waals surface area (Å²) in [7, 11) is 0. The van der Waals surface area contributed by atoms with Crippen LogP contribution in [0.4, 0.5) is 11.4 Å². The van der Waals surface area contributed by atoms with Crippen molar-refractivity contribution in [1.82, 2.24) is 14.8 Å². The molecule has 1 N–H and O–H groups in total. The number of carbonyl (C=O) groups excluding carboxylic acids is 1. The predicted molar refractivity (Wildman–Crippen MR) is 104 cm³/mol. The van der Waals surface area contributed by atoms with Gasteiger partial charge in [0.05, 0.1) is 13.2 Å². The Hall–Kier alpha value is -2.32. The van der Waals surface area contributed by atoms with Gasteiger partial charge >= 0.3 is 0 Å². The van der Waals surface area contributed by atoms with E-state index in [1.165, 1.54) is 11.8 Å². The lowest BCUT2D eigenvalue weighted by Gasteiger charge is -2.28. The molecule has 3 rings (SSSR count). The van der Waals surface area contributed by atoms with Gasteiger partial charge in [0.15, 0.2) is 5.16 Å². The van der Waals surface area contributed by atoms with Crippen LogP contribution >= 0.6 is 11.8 Å². The summed E-state index contributed by atoms with van der Waals surface area (Å²) in [5.74, 6) is 0.638. The summed E-state index contributed by atoms with van der Waals surface area (Å²) in [6.07, 6.45) is 3.87. The molecule has 1 saturated heterocycles. The molecule has 0 spiro atoms. The van der Waals surface area contributed by atoms with Crippen LogP contribution in [0.15, 0.2) is 48.4 Å². The molecular formula is C18H23N5O2S. The molecule has 26 heavy (non-hydrogen) atoms. The van der Waals surface area contributed by atoms with Crippen molar-refractivity contribution in [2.24, 2.45) is 0 Å². The molecule has 1 aliphatic rings. The molecule has 2 heterocycles. The first-order valence-electron chi connectivity index (χ1n) is 8.60. The molecule has 1 aromatic carbocycles. The first-order valence-corrected chi connectivity index (χ1v) is 9.59. The molecule has 1 aliphatic heterocycles. The van der Waals surface area contributed by atoms with Crippen LogP contribution in [0.1, 0.15) is 6.42 Å². The molecule has 7 nitrogen and oxygen atoms in total. The van der Waals surface area contributed by atoms with Crippen molar-refractivity contribution in [3.63, 3.8) is 0 Å². The smallest absolute Gasteiger partial charge is 0.225 e. The van der Waals surface area contributed by atoms with Crippen LogP contribution in [0.2, 0.25) is 0 Å². The first-order chi connectivity index (χ1) is 12.8. The highest BCUT2D eigenvalue weighted by atomic mass is 32.2. The van der Waals surface area contributed by atoms with Crippen molar-refractivity contribution >= 4 is 29.0 Å². The van der Waals surface area contributed by atoms with E-state index in [9.17, 15) is 4.79 Å². The summed E-state index contributed by atoms with van der Waals surface area (Å²) in [4.78, 5) is 14.4. The van der Waals surface area contributed by atoms with Gasteiger partial charge in [0.2, 0.25) is 5.91 Å². The SMILES string of the molecule is C=CCn1cnnc1SCCC(=O)Nc1ccc(N2CCOCC2)cc1. The Kier molecular flexibility index (Phi) is 6.68. The first kappa shape index (κ1) is 18.5. The minimum Gasteiger partial charge on any atom is -0.378 e. The Morgan fingerprint density at radius 3 is 2.81 bits per heavy atom. The molecule has 138 valence electrons. The van der Waals surface area contributed by atoms with Crippen LogP contribution in [0.5, 0.6) is 0 Å². The summed E-state index contributed by atoms with van der Waals surface area (Å²) in [5, 5.41) is 11.7. The summed E-state index contributed by atoms with van der Waals surface area (Å²) in [6.45, 7) is 7.70. The van der Waals surface area contributed by atoms with E-state index in [-0.39, 0.29) is 5.91 Å². The molecule has 0 bridgehead atoms. The largest absolute Gasteiger partial charge is 0.378 e. The molecule has 8 heteroatoms. The van der Waals surface area contributed by atoms with Gasteiger partial charge in [-0.25, -0.2) is 0 Å². The zero-order valence-corrected chi connectivity index (χ0v) is 15.5. The Balaban J connectivity index is 1.44. The minimum atomic E-state index is -0.00796. The molecule has 0 aliphatic carbocycles. The number of allylic oxidation sites excluding steroid dienone is 1. The number of carbonyl (C=O) groups is 1. The van der Waals surface area contributed by atoms with Crippen LogP contribution < -0.4 is 10.2 Å². The van der Waals surface area contributed by atoms with Gasteiger partial charge in [0.25, 0.3) is 0 Å². The van der Waals surface area contributed by atoms with Gasteiger partial charge in [-0.05, 0) is 24.3 Å². The minimum absolute atomic E-state index is 0.00796. The molecule has 0 radical (unpaired) electrons. The maximum Gasteiger partial charge on any atom is 0.225 e. The van der Waals surface area contributed by atoms with E-state index in [1.807, 2.05) is 28.8 Å². The lowest BCUT2D eigenvalue weighted by atomic mass is 10.2. The van der Waals surface area contributed by atoms with Gasteiger partial charge in [-0.1, -0.05) is 17.8 Å². The number of nitrogens with zero attached hydrogens (tertiary/aromatic N) is 4. The van der Waals surface area contributed by atoms with Crippen molar-refractivity contribution in [2.75, 3.05) is 42.3 Å². The fourth-order valence-corrected chi connectivity index (χ4v) is 3.52. The zero-order chi connectivity index (χ0) is 18.2. The third-order valence-electron chi connectivity index (χ3n) is 3.99.